The van der Waals surface area contributed by atoms with Crippen molar-refractivity contribution in [2.24, 2.45) is 0 Å². The van der Waals surface area contributed by atoms with E-state index >= 15 is 0 Å². The maximum absolute atomic E-state index is 13.6. The maximum atomic E-state index is 13.6. The van der Waals surface area contributed by atoms with Crippen LogP contribution < -0.4 is 5.32 Å². The summed E-state index contributed by atoms with van der Waals surface area (Å²) < 4.78 is 34.9. The number of hydrogen-bond donors (Lipinski definition) is 12. The molecular weight excluding hydrogens is 990 g/mol. The third-order valence-corrected chi connectivity index (χ3v) is 16.4. The van der Waals surface area contributed by atoms with Crippen molar-refractivity contribution in [2.75, 3.05) is 13.2 Å². The van der Waals surface area contributed by atoms with Gasteiger partial charge in [-0.05, 0) is 12.8 Å². The smallest absolute Gasteiger partial charge is 0.394 e. The summed E-state index contributed by atoms with van der Waals surface area (Å²) in [7, 11) is -5.39. The molecule has 2 rings (SSSR count). The maximum Gasteiger partial charge on any atom is 0.472 e. The number of phosphoric acid groups is 1. The first-order valence-electron chi connectivity index (χ1n) is 30.1. The fraction of sp³-hybridized carbons (Fsp3) is 0.982. The topological polar surface area (TPSA) is 306 Å². The predicted octanol–water partition coefficient (Wildman–Crippen LogP) is 7.81. The van der Waals surface area contributed by atoms with Gasteiger partial charge in [0.2, 0.25) is 5.91 Å². The quantitative estimate of drug-likeness (QED) is 0.0204. The van der Waals surface area contributed by atoms with E-state index < -0.39 is 113 Å². The highest BCUT2D eigenvalue weighted by molar-refractivity contribution is 7.47. The monoisotopic (exact) mass is 1100 g/mol. The lowest BCUT2D eigenvalue weighted by Gasteiger charge is -2.47. The van der Waals surface area contributed by atoms with Crippen molar-refractivity contribution in [1.29, 1.82) is 0 Å². The van der Waals surface area contributed by atoms with E-state index in [1.807, 2.05) is 0 Å². The second kappa shape index (κ2) is 42.9. The molecule has 0 spiro atoms. The number of nitrogens with one attached hydrogen (secondary N) is 1. The van der Waals surface area contributed by atoms with E-state index in [1.165, 1.54) is 161 Å². The number of amides is 1. The number of unbranched alkanes of at least 4 members (excludes halogenated alkanes) is 33. The molecule has 19 heteroatoms. The Morgan fingerprint density at radius 1 is 0.493 bits per heavy atom. The standard InChI is InChI=1S/C56H110NO17P/c1-3-5-7-9-11-13-15-17-18-19-20-21-22-23-24-25-27-29-31-33-35-37-39-44(60)55(68)57-42(43(59)38-36-34-32-30-28-26-16-14-12-10-8-6-4-2)41-71-75(69,70)74-54-51(66)49(64)48(63)50(65)53(54)73-56-52(67)47(62)46(61)45(40-58)72-56/h42-54,56,58-67H,3-41H2,1-2H3,(H,57,68)(H,69,70)/t42-,43+,44-,45+,46+,47-,48+,49+,50-,51+,52-,53+,54+,56-/m0/s1. The van der Waals surface area contributed by atoms with E-state index in [4.69, 9.17) is 18.5 Å². The number of aliphatic hydroxyl groups excluding tert-OH is 10. The molecule has 0 aromatic heterocycles. The molecule has 0 radical (unpaired) electrons. The molecule has 1 saturated heterocycles. The molecule has 18 nitrogen and oxygen atoms in total. The number of hydrogen-bond acceptors (Lipinski definition) is 16. The molecule has 2 fully saturated rings. The summed E-state index contributed by atoms with van der Waals surface area (Å²) in [5, 5.41) is 108. The van der Waals surface area contributed by atoms with Gasteiger partial charge in [0.15, 0.2) is 6.29 Å². The molecule has 0 aromatic carbocycles. The van der Waals surface area contributed by atoms with Crippen LogP contribution in [0.1, 0.15) is 251 Å². The molecule has 1 unspecified atom stereocenters. The minimum absolute atomic E-state index is 0.168. The van der Waals surface area contributed by atoms with Crippen molar-refractivity contribution in [1.82, 2.24) is 5.32 Å². The second-order valence-corrected chi connectivity index (χ2v) is 23.4. The Labute approximate surface area is 451 Å². The Morgan fingerprint density at radius 3 is 1.23 bits per heavy atom. The minimum Gasteiger partial charge on any atom is -0.394 e. The largest absolute Gasteiger partial charge is 0.472 e. The first kappa shape index (κ1) is 70.2. The summed E-state index contributed by atoms with van der Waals surface area (Å²) in [6.45, 7) is 2.81. The predicted molar refractivity (Wildman–Crippen MR) is 289 cm³/mol. The summed E-state index contributed by atoms with van der Waals surface area (Å²) in [4.78, 5) is 24.3. The lowest BCUT2D eigenvalue weighted by molar-refractivity contribution is -0.338. The molecule has 12 N–H and O–H groups in total. The van der Waals surface area contributed by atoms with Crippen molar-refractivity contribution in [3.8, 4) is 0 Å². The molecule has 2 aliphatic rings. The van der Waals surface area contributed by atoms with Gasteiger partial charge in [-0.25, -0.2) is 4.57 Å². The third-order valence-electron chi connectivity index (χ3n) is 15.4. The van der Waals surface area contributed by atoms with Crippen LogP contribution in [0.5, 0.6) is 0 Å². The van der Waals surface area contributed by atoms with Crippen LogP contribution in [0.15, 0.2) is 0 Å². The van der Waals surface area contributed by atoms with Crippen LogP contribution in [0.2, 0.25) is 0 Å². The van der Waals surface area contributed by atoms with Crippen molar-refractivity contribution >= 4 is 13.7 Å². The molecule has 446 valence electrons. The zero-order valence-corrected chi connectivity index (χ0v) is 47.4. The summed E-state index contributed by atoms with van der Waals surface area (Å²) in [5.41, 5.74) is 0. The van der Waals surface area contributed by atoms with Gasteiger partial charge in [-0.15, -0.1) is 0 Å². The normalized spacial score (nSPS) is 27.2. The Morgan fingerprint density at radius 2 is 0.840 bits per heavy atom. The van der Waals surface area contributed by atoms with Crippen LogP contribution in [0.4, 0.5) is 0 Å². The van der Waals surface area contributed by atoms with Crippen LogP contribution in [-0.2, 0) is 27.9 Å². The second-order valence-electron chi connectivity index (χ2n) is 22.0. The van der Waals surface area contributed by atoms with Crippen LogP contribution in [0.25, 0.3) is 0 Å². The van der Waals surface area contributed by atoms with Gasteiger partial charge in [0.05, 0.1) is 25.4 Å². The van der Waals surface area contributed by atoms with Crippen molar-refractivity contribution < 1.29 is 83.8 Å². The molecule has 0 aromatic rings. The SMILES string of the molecule is CCCCCCCCCCCCCCCCCCCCCCCC[C@H](O)C(=O)N[C@@H](COP(=O)(O)O[C@@H]1[C@H](O)[C@H](O)[C@@H](O)[C@H](O)[C@H]1O[C@@H]1O[C@H](CO)[C@@H](O)[C@H](O)[C@@H]1O)[C@H](O)CCCCCCCCCCCCCCC. The van der Waals surface area contributed by atoms with E-state index in [-0.39, 0.29) is 12.8 Å². The molecule has 0 bridgehead atoms. The molecule has 1 aliphatic carbocycles. The van der Waals surface area contributed by atoms with E-state index in [2.05, 4.69) is 19.2 Å². The van der Waals surface area contributed by atoms with Gasteiger partial charge in [-0.3, -0.25) is 13.8 Å². The molecule has 1 heterocycles. The van der Waals surface area contributed by atoms with E-state index in [1.54, 1.807) is 0 Å². The van der Waals surface area contributed by atoms with Gasteiger partial charge in [0, 0.05) is 0 Å². The number of phosphoric ester groups is 1. The Bertz CT molecular complexity index is 1420. The Hall–Kier alpha value is -0.900. The van der Waals surface area contributed by atoms with Crippen LogP contribution in [-0.4, -0.2) is 161 Å². The summed E-state index contributed by atoms with van der Waals surface area (Å²) >= 11 is 0. The molecule has 15 atom stereocenters. The number of rotatable bonds is 48. The number of carbonyl (C=O) groups is 1. The van der Waals surface area contributed by atoms with Crippen molar-refractivity contribution in [3.05, 3.63) is 0 Å². The minimum atomic E-state index is -5.39. The first-order valence-corrected chi connectivity index (χ1v) is 31.6. The zero-order valence-electron chi connectivity index (χ0n) is 46.5. The van der Waals surface area contributed by atoms with Gasteiger partial charge in [0.1, 0.15) is 67.1 Å². The lowest BCUT2D eigenvalue weighted by atomic mass is 9.84. The highest BCUT2D eigenvalue weighted by atomic mass is 31.2. The molecule has 1 saturated carbocycles. The van der Waals surface area contributed by atoms with E-state index in [0.29, 0.717) is 12.8 Å². The number of carbonyl (C=O) groups excluding carboxylic acids is 1. The lowest BCUT2D eigenvalue weighted by Crippen LogP contribution is -2.67. The first-order chi connectivity index (χ1) is 36.1. The Kier molecular flexibility index (Phi) is 40.2. The average molecular weight is 1100 g/mol. The highest BCUT2D eigenvalue weighted by Crippen LogP contribution is 2.48. The fourth-order valence-electron chi connectivity index (χ4n) is 10.3. The van der Waals surface area contributed by atoms with Gasteiger partial charge in [-0.2, -0.15) is 0 Å². The summed E-state index contributed by atoms with van der Waals surface area (Å²) in [6.07, 6.45) is 17.5. The van der Waals surface area contributed by atoms with Crippen LogP contribution in [0.3, 0.4) is 0 Å². The van der Waals surface area contributed by atoms with Gasteiger partial charge in [-0.1, -0.05) is 239 Å². The van der Waals surface area contributed by atoms with E-state index in [0.717, 1.165) is 51.4 Å². The Balaban J connectivity index is 1.86. The van der Waals surface area contributed by atoms with Crippen LogP contribution >= 0.6 is 7.82 Å². The molecule has 1 amide bonds. The van der Waals surface area contributed by atoms with Crippen molar-refractivity contribution in [3.63, 3.8) is 0 Å². The van der Waals surface area contributed by atoms with Gasteiger partial charge in [0.25, 0.3) is 0 Å². The van der Waals surface area contributed by atoms with Gasteiger partial charge < -0.3 is 70.7 Å². The van der Waals surface area contributed by atoms with Crippen molar-refractivity contribution in [2.45, 2.75) is 337 Å². The van der Waals surface area contributed by atoms with E-state index in [9.17, 15) is 65.3 Å². The third kappa shape index (κ3) is 29.9. The molecule has 75 heavy (non-hydrogen) atoms. The highest BCUT2D eigenvalue weighted by Gasteiger charge is 2.55. The molecular formula is C56H110NO17P. The fourth-order valence-corrected chi connectivity index (χ4v) is 11.3. The zero-order chi connectivity index (χ0) is 55.3. The number of ether oxygens (including phenoxy) is 2. The summed E-state index contributed by atoms with van der Waals surface area (Å²) in [5.74, 6) is -0.805. The van der Waals surface area contributed by atoms with Crippen LogP contribution in [0, 0.1) is 0 Å². The summed E-state index contributed by atoms with van der Waals surface area (Å²) in [6, 6.07) is -1.31. The average Bonchev–Trinajstić information content (AvgIpc) is 3.39. The number of aliphatic hydroxyl groups is 10. The molecule has 1 aliphatic heterocycles. The van der Waals surface area contributed by atoms with Gasteiger partial charge >= 0.3 is 7.82 Å².